The molecule has 116 valence electrons. The number of thiocarbonyl (C=S) groups is 1. The molecule has 8 heteroatoms. The molecule has 0 aliphatic carbocycles. The van der Waals surface area contributed by atoms with Crippen molar-refractivity contribution < 1.29 is 23.8 Å². The molecule has 0 bridgehead atoms. The van der Waals surface area contributed by atoms with Gasteiger partial charge in [-0.25, -0.2) is 0 Å². The molecule has 0 aromatic heterocycles. The Balaban J connectivity index is 3.88. The highest BCUT2D eigenvalue weighted by Gasteiger charge is 2.25. The van der Waals surface area contributed by atoms with E-state index in [1.54, 1.807) is 20.8 Å². The number of carbonyl (C=O) groups excluding carboxylic acids is 2. The van der Waals surface area contributed by atoms with E-state index in [1.165, 1.54) is 0 Å². The molecule has 0 saturated carbocycles. The van der Waals surface area contributed by atoms with E-state index in [0.29, 0.717) is 11.0 Å². The third kappa shape index (κ3) is 8.76. The second-order valence-corrected chi connectivity index (χ2v) is 8.14. The Morgan fingerprint density at radius 3 is 2.30 bits per heavy atom. The average Bonchev–Trinajstić information content (AvgIpc) is 2.32. The van der Waals surface area contributed by atoms with Gasteiger partial charge >= 0.3 is 11.9 Å². The first-order chi connectivity index (χ1) is 9.18. The van der Waals surface area contributed by atoms with Gasteiger partial charge in [0, 0.05) is 0 Å². The number of alkyl halides is 1. The van der Waals surface area contributed by atoms with E-state index in [0.717, 1.165) is 11.8 Å². The largest absolute Gasteiger partial charge is 0.479 e. The van der Waals surface area contributed by atoms with Crippen molar-refractivity contribution in [1.29, 1.82) is 0 Å². The van der Waals surface area contributed by atoms with Crippen molar-refractivity contribution >= 4 is 56.2 Å². The van der Waals surface area contributed by atoms with Crippen LogP contribution in [0.25, 0.3) is 0 Å². The van der Waals surface area contributed by atoms with Crippen LogP contribution in [0.1, 0.15) is 27.7 Å². The zero-order chi connectivity index (χ0) is 15.8. The Morgan fingerprint density at radius 2 is 1.80 bits per heavy atom. The summed E-state index contributed by atoms with van der Waals surface area (Å²) in [6.07, 6.45) is 0. The first-order valence-electron chi connectivity index (χ1n) is 6.04. The Morgan fingerprint density at radius 1 is 1.25 bits per heavy atom. The summed E-state index contributed by atoms with van der Waals surface area (Å²) >= 11 is 9.21. The fourth-order valence-corrected chi connectivity index (χ4v) is 2.21. The van der Waals surface area contributed by atoms with Gasteiger partial charge in [0.1, 0.15) is 22.8 Å². The van der Waals surface area contributed by atoms with Crippen LogP contribution in [0.3, 0.4) is 0 Å². The minimum Gasteiger partial charge on any atom is -0.479 e. The predicted molar refractivity (Wildman–Crippen MR) is 86.2 cm³/mol. The van der Waals surface area contributed by atoms with E-state index in [-0.39, 0.29) is 13.2 Å². The number of hydrogen-bond donors (Lipinski definition) is 0. The molecule has 0 N–H and O–H groups in total. The van der Waals surface area contributed by atoms with Gasteiger partial charge < -0.3 is 14.2 Å². The lowest BCUT2D eigenvalue weighted by Crippen LogP contribution is -2.28. The number of rotatable bonds is 7. The lowest BCUT2D eigenvalue weighted by Gasteiger charge is -2.15. The minimum atomic E-state index is -0.746. The van der Waals surface area contributed by atoms with Crippen LogP contribution in [0.5, 0.6) is 0 Å². The summed E-state index contributed by atoms with van der Waals surface area (Å²) < 4.78 is 14.5. The topological polar surface area (TPSA) is 61.8 Å². The summed E-state index contributed by atoms with van der Waals surface area (Å²) in [7, 11) is 0. The molecule has 20 heavy (non-hydrogen) atoms. The van der Waals surface area contributed by atoms with Crippen LogP contribution in [-0.4, -0.2) is 45.7 Å². The number of ether oxygens (including phenoxy) is 3. The van der Waals surface area contributed by atoms with Crippen LogP contribution < -0.4 is 0 Å². The number of halogens is 1. The van der Waals surface area contributed by atoms with Crippen molar-refractivity contribution in [1.82, 2.24) is 0 Å². The maximum atomic E-state index is 11.6. The summed E-state index contributed by atoms with van der Waals surface area (Å²) in [5, 5.41) is -0.461. The van der Waals surface area contributed by atoms with Crippen LogP contribution >= 0.6 is 39.9 Å². The highest BCUT2D eigenvalue weighted by Crippen LogP contribution is 2.17. The van der Waals surface area contributed by atoms with Crippen LogP contribution in [0.15, 0.2) is 0 Å². The Bertz CT molecular complexity index is 354. The van der Waals surface area contributed by atoms with Crippen LogP contribution in [-0.2, 0) is 23.8 Å². The molecule has 0 spiro atoms. The summed E-state index contributed by atoms with van der Waals surface area (Å²) in [5.41, 5.74) is 0. The molecule has 0 saturated heterocycles. The molecular formula is C12H19BrO5S2. The molecule has 0 amide bonds. The van der Waals surface area contributed by atoms with Gasteiger partial charge in [-0.3, -0.25) is 9.59 Å². The Hall–Kier alpha value is -0.340. The molecule has 0 aliphatic rings. The fraction of sp³-hybridized carbons (Fsp3) is 0.750. The highest BCUT2D eigenvalue weighted by molar-refractivity contribution is 9.10. The lowest BCUT2D eigenvalue weighted by molar-refractivity contribution is -0.152. The molecule has 1 atom stereocenters. The molecule has 5 nitrogen and oxygen atoms in total. The summed E-state index contributed by atoms with van der Waals surface area (Å²) in [6.45, 7) is 7.34. The van der Waals surface area contributed by atoms with E-state index in [2.05, 4.69) is 15.9 Å². The monoisotopic (exact) mass is 386 g/mol. The maximum absolute atomic E-state index is 11.6. The van der Waals surface area contributed by atoms with Crippen molar-refractivity contribution in [2.24, 2.45) is 0 Å². The second-order valence-electron chi connectivity index (χ2n) is 4.22. The molecule has 0 radical (unpaired) electrons. The molecule has 0 aromatic rings. The highest BCUT2D eigenvalue weighted by atomic mass is 79.9. The van der Waals surface area contributed by atoms with E-state index in [4.69, 9.17) is 26.4 Å². The fourth-order valence-electron chi connectivity index (χ4n) is 0.910. The van der Waals surface area contributed by atoms with Crippen molar-refractivity contribution in [2.45, 2.75) is 37.3 Å². The number of esters is 2. The van der Waals surface area contributed by atoms with Gasteiger partial charge in [0.2, 0.25) is 4.38 Å². The lowest BCUT2D eigenvalue weighted by atomic mass is 10.2. The third-order valence-corrected chi connectivity index (χ3v) is 3.50. The van der Waals surface area contributed by atoms with E-state index < -0.39 is 21.5 Å². The van der Waals surface area contributed by atoms with Gasteiger partial charge in [-0.1, -0.05) is 27.7 Å². The molecule has 0 aromatic carbocycles. The van der Waals surface area contributed by atoms with E-state index >= 15 is 0 Å². The maximum Gasteiger partial charge on any atom is 0.322 e. The smallest absolute Gasteiger partial charge is 0.322 e. The second kappa shape index (κ2) is 9.57. The van der Waals surface area contributed by atoms with Gasteiger partial charge in [-0.15, -0.1) is 0 Å². The first-order valence-corrected chi connectivity index (χ1v) is 8.12. The van der Waals surface area contributed by atoms with Crippen LogP contribution in [0.4, 0.5) is 0 Å². The van der Waals surface area contributed by atoms with Crippen molar-refractivity contribution in [2.75, 3.05) is 19.8 Å². The molecule has 0 heterocycles. The third-order valence-electron chi connectivity index (χ3n) is 1.91. The molecule has 0 aliphatic heterocycles. The molecule has 1 unspecified atom stereocenters. The molecule has 0 rings (SSSR count). The van der Waals surface area contributed by atoms with Gasteiger partial charge in [-0.2, -0.15) is 0 Å². The zero-order valence-electron chi connectivity index (χ0n) is 11.9. The summed E-state index contributed by atoms with van der Waals surface area (Å²) in [4.78, 5) is 23.0. The quantitative estimate of drug-likeness (QED) is 0.288. The van der Waals surface area contributed by atoms with Crippen molar-refractivity contribution in [3.8, 4) is 0 Å². The normalized spacial score (nSPS) is 12.4. The standard InChI is InChI=1S/C12H19BrO5S2/c1-5-16-11(19)20-8(2)9(14)17-6-7-18-10(15)12(3,4)13/h8H,5-7H2,1-4H3. The van der Waals surface area contributed by atoms with Gasteiger partial charge in [0.05, 0.1) is 6.61 Å². The SMILES string of the molecule is CCOC(=S)SC(C)C(=O)OCCOC(=O)C(C)(C)Br. The average molecular weight is 387 g/mol. The first kappa shape index (κ1) is 19.7. The van der Waals surface area contributed by atoms with Gasteiger partial charge in [0.25, 0.3) is 0 Å². The van der Waals surface area contributed by atoms with Gasteiger partial charge in [-0.05, 0) is 39.9 Å². The van der Waals surface area contributed by atoms with Gasteiger partial charge in [0.15, 0.2) is 0 Å². The van der Waals surface area contributed by atoms with Crippen molar-refractivity contribution in [3.05, 3.63) is 0 Å². The summed E-state index contributed by atoms with van der Waals surface area (Å²) in [5.74, 6) is -0.834. The van der Waals surface area contributed by atoms with E-state index in [1.807, 2.05) is 6.92 Å². The molecular weight excluding hydrogens is 368 g/mol. The Labute approximate surface area is 137 Å². The zero-order valence-corrected chi connectivity index (χ0v) is 15.2. The molecule has 0 fully saturated rings. The number of hydrogen-bond acceptors (Lipinski definition) is 7. The van der Waals surface area contributed by atoms with Crippen LogP contribution in [0.2, 0.25) is 0 Å². The Kier molecular flexibility index (Phi) is 9.41. The van der Waals surface area contributed by atoms with E-state index in [9.17, 15) is 9.59 Å². The number of thioether (sulfide) groups is 1. The minimum absolute atomic E-state index is 0.0138. The summed E-state index contributed by atoms with van der Waals surface area (Å²) in [6, 6.07) is 0. The predicted octanol–water partition coefficient (Wildman–Crippen LogP) is 2.69. The number of carbonyl (C=O) groups is 2. The van der Waals surface area contributed by atoms with Crippen molar-refractivity contribution in [3.63, 3.8) is 0 Å². The van der Waals surface area contributed by atoms with Crippen LogP contribution in [0, 0.1) is 0 Å².